The Labute approximate surface area is 152 Å². The van der Waals surface area contributed by atoms with Gasteiger partial charge in [0, 0.05) is 35.7 Å². The van der Waals surface area contributed by atoms with E-state index in [1.165, 1.54) is 33.7 Å². The van der Waals surface area contributed by atoms with Crippen molar-refractivity contribution in [3.8, 4) is 23.0 Å². The Morgan fingerprint density at radius 3 is 2.20 bits per heavy atom. The Balaban J connectivity index is 0.00000312. The molecule has 2 N–H and O–H groups in total. The molecule has 25 heavy (non-hydrogen) atoms. The minimum atomic E-state index is -0.253. The Bertz CT molecular complexity index is 740. The second-order valence-electron chi connectivity index (χ2n) is 4.93. The molecule has 0 atom stereocenters. The SMILES string of the molecule is COc1cc(N=Cc2c(CO)cnc(C)c2O)cc(OC)c1OC.Cl. The fraction of sp³-hybridized carbons (Fsp3) is 0.294. The number of aromatic nitrogens is 1. The lowest BCUT2D eigenvalue weighted by atomic mass is 10.1. The number of rotatable bonds is 6. The van der Waals surface area contributed by atoms with Crippen molar-refractivity contribution in [2.24, 2.45) is 4.99 Å². The number of aromatic hydroxyl groups is 1. The first-order valence-corrected chi connectivity index (χ1v) is 7.18. The van der Waals surface area contributed by atoms with Gasteiger partial charge in [-0.1, -0.05) is 0 Å². The van der Waals surface area contributed by atoms with Crippen LogP contribution in [0.3, 0.4) is 0 Å². The van der Waals surface area contributed by atoms with E-state index in [0.717, 1.165) is 0 Å². The molecule has 0 aliphatic heterocycles. The summed E-state index contributed by atoms with van der Waals surface area (Å²) in [6, 6.07) is 3.36. The summed E-state index contributed by atoms with van der Waals surface area (Å²) in [6.07, 6.45) is 2.97. The molecule has 1 aromatic heterocycles. The summed E-state index contributed by atoms with van der Waals surface area (Å²) in [4.78, 5) is 8.35. The fourth-order valence-corrected chi connectivity index (χ4v) is 2.20. The van der Waals surface area contributed by atoms with Crippen LogP contribution in [0.1, 0.15) is 16.8 Å². The number of hydrogen-bond donors (Lipinski definition) is 2. The largest absolute Gasteiger partial charge is 0.505 e. The number of ether oxygens (including phenoxy) is 3. The molecule has 136 valence electrons. The number of aliphatic hydroxyl groups is 1. The molecular formula is C17H21ClN2O5. The zero-order valence-electron chi connectivity index (χ0n) is 14.4. The predicted molar refractivity (Wildman–Crippen MR) is 97.2 cm³/mol. The van der Waals surface area contributed by atoms with Gasteiger partial charge in [-0.3, -0.25) is 9.98 Å². The Morgan fingerprint density at radius 2 is 1.72 bits per heavy atom. The van der Waals surface area contributed by atoms with Crippen molar-refractivity contribution in [3.63, 3.8) is 0 Å². The number of nitrogens with zero attached hydrogens (tertiary/aromatic N) is 2. The third kappa shape index (κ3) is 4.32. The summed E-state index contributed by atoms with van der Waals surface area (Å²) in [7, 11) is 4.56. The lowest BCUT2D eigenvalue weighted by Gasteiger charge is -2.12. The van der Waals surface area contributed by atoms with Gasteiger partial charge < -0.3 is 24.4 Å². The molecule has 0 amide bonds. The van der Waals surface area contributed by atoms with E-state index < -0.39 is 0 Å². The van der Waals surface area contributed by atoms with Crippen LogP contribution >= 0.6 is 12.4 Å². The van der Waals surface area contributed by atoms with E-state index in [9.17, 15) is 10.2 Å². The predicted octanol–water partition coefficient (Wildman–Crippen LogP) is 2.79. The average molecular weight is 369 g/mol. The van der Waals surface area contributed by atoms with Crippen molar-refractivity contribution in [1.82, 2.24) is 4.98 Å². The second-order valence-corrected chi connectivity index (χ2v) is 4.93. The molecule has 0 saturated heterocycles. The van der Waals surface area contributed by atoms with Crippen LogP contribution in [0.2, 0.25) is 0 Å². The van der Waals surface area contributed by atoms with E-state index >= 15 is 0 Å². The average Bonchev–Trinajstić information content (AvgIpc) is 2.61. The maximum atomic E-state index is 10.1. The maximum Gasteiger partial charge on any atom is 0.203 e. The molecule has 0 bridgehead atoms. The zero-order valence-corrected chi connectivity index (χ0v) is 15.3. The van der Waals surface area contributed by atoms with Gasteiger partial charge in [-0.05, 0) is 6.92 Å². The number of benzene rings is 1. The molecule has 0 spiro atoms. The van der Waals surface area contributed by atoms with Crippen molar-refractivity contribution in [2.45, 2.75) is 13.5 Å². The van der Waals surface area contributed by atoms with Crippen molar-refractivity contribution >= 4 is 24.3 Å². The van der Waals surface area contributed by atoms with Gasteiger partial charge in [0.2, 0.25) is 5.75 Å². The molecule has 1 heterocycles. The van der Waals surface area contributed by atoms with E-state index in [4.69, 9.17) is 14.2 Å². The Morgan fingerprint density at radius 1 is 1.12 bits per heavy atom. The molecule has 0 aliphatic rings. The van der Waals surface area contributed by atoms with E-state index in [0.29, 0.717) is 39.8 Å². The fourth-order valence-electron chi connectivity index (χ4n) is 2.20. The van der Waals surface area contributed by atoms with Gasteiger partial charge in [-0.2, -0.15) is 0 Å². The summed E-state index contributed by atoms with van der Waals surface area (Å²) in [6.45, 7) is 1.42. The smallest absolute Gasteiger partial charge is 0.203 e. The number of methoxy groups -OCH3 is 3. The molecule has 0 fully saturated rings. The Hall–Kier alpha value is -2.51. The van der Waals surface area contributed by atoms with E-state index in [-0.39, 0.29) is 24.8 Å². The monoisotopic (exact) mass is 368 g/mol. The minimum Gasteiger partial charge on any atom is -0.505 e. The highest BCUT2D eigenvalue weighted by Gasteiger charge is 2.13. The second kappa shape index (κ2) is 9.10. The molecule has 7 nitrogen and oxygen atoms in total. The first-order chi connectivity index (χ1) is 11.5. The van der Waals surface area contributed by atoms with Crippen molar-refractivity contribution in [3.05, 3.63) is 35.2 Å². The van der Waals surface area contributed by atoms with E-state index in [2.05, 4.69) is 9.98 Å². The topological polar surface area (TPSA) is 93.4 Å². The summed E-state index contributed by atoms with van der Waals surface area (Å²) in [5.74, 6) is 1.40. The highest BCUT2D eigenvalue weighted by atomic mass is 35.5. The van der Waals surface area contributed by atoms with Crippen LogP contribution in [0, 0.1) is 6.92 Å². The van der Waals surface area contributed by atoms with Crippen LogP contribution in [-0.4, -0.2) is 42.7 Å². The molecule has 1 aromatic carbocycles. The van der Waals surface area contributed by atoms with Gasteiger partial charge in [-0.25, -0.2) is 0 Å². The van der Waals surface area contributed by atoms with Crippen molar-refractivity contribution in [2.75, 3.05) is 21.3 Å². The molecule has 0 aliphatic carbocycles. The minimum absolute atomic E-state index is 0. The summed E-state index contributed by atoms with van der Waals surface area (Å²) in [5, 5.41) is 19.5. The number of aliphatic hydroxyl groups excluding tert-OH is 1. The van der Waals surface area contributed by atoms with Crippen molar-refractivity contribution < 1.29 is 24.4 Å². The number of aryl methyl sites for hydroxylation is 1. The first-order valence-electron chi connectivity index (χ1n) is 7.18. The van der Waals surface area contributed by atoms with E-state index in [1.54, 1.807) is 19.1 Å². The maximum absolute atomic E-state index is 10.1. The van der Waals surface area contributed by atoms with Gasteiger partial charge in [0.25, 0.3) is 0 Å². The number of halogens is 1. The first kappa shape index (κ1) is 20.5. The molecule has 0 saturated carbocycles. The van der Waals surface area contributed by atoms with Gasteiger partial charge in [0.1, 0.15) is 5.75 Å². The quantitative estimate of drug-likeness (QED) is 0.761. The standard InChI is InChI=1S/C17H20N2O5.ClH/c1-10-16(21)13(11(9-20)7-18-10)8-19-12-5-14(22-2)17(24-4)15(6-12)23-3;/h5-8,20-21H,9H2,1-4H3;1H. The molecule has 2 aromatic rings. The molecule has 0 unspecified atom stereocenters. The third-order valence-electron chi connectivity index (χ3n) is 3.52. The van der Waals surface area contributed by atoms with Gasteiger partial charge in [0.05, 0.1) is 39.3 Å². The third-order valence-corrected chi connectivity index (χ3v) is 3.52. The highest BCUT2D eigenvalue weighted by Crippen LogP contribution is 2.40. The van der Waals surface area contributed by atoms with Crippen LogP contribution in [0.4, 0.5) is 5.69 Å². The van der Waals surface area contributed by atoms with Gasteiger partial charge >= 0.3 is 0 Å². The van der Waals surface area contributed by atoms with Gasteiger partial charge in [-0.15, -0.1) is 12.4 Å². The summed E-state index contributed by atoms with van der Waals surface area (Å²) >= 11 is 0. The van der Waals surface area contributed by atoms with Crippen LogP contribution in [0.15, 0.2) is 23.3 Å². The lowest BCUT2D eigenvalue weighted by Crippen LogP contribution is -1.98. The van der Waals surface area contributed by atoms with Crippen LogP contribution < -0.4 is 14.2 Å². The molecule has 8 heteroatoms. The molecular weight excluding hydrogens is 348 g/mol. The summed E-state index contributed by atoms with van der Waals surface area (Å²) in [5.41, 5.74) is 1.90. The number of hydrogen-bond acceptors (Lipinski definition) is 7. The molecule has 2 rings (SSSR count). The molecule has 0 radical (unpaired) electrons. The zero-order chi connectivity index (χ0) is 17.7. The number of aliphatic imine (C=N–C) groups is 1. The van der Waals surface area contributed by atoms with Crippen LogP contribution in [-0.2, 0) is 6.61 Å². The Kier molecular flexibility index (Phi) is 7.47. The van der Waals surface area contributed by atoms with Crippen molar-refractivity contribution in [1.29, 1.82) is 0 Å². The van der Waals surface area contributed by atoms with Crippen LogP contribution in [0.25, 0.3) is 0 Å². The van der Waals surface area contributed by atoms with E-state index in [1.807, 2.05) is 0 Å². The number of pyridine rings is 1. The highest BCUT2D eigenvalue weighted by molar-refractivity contribution is 5.87. The normalized spacial score (nSPS) is 10.4. The lowest BCUT2D eigenvalue weighted by molar-refractivity contribution is 0.280. The summed E-state index contributed by atoms with van der Waals surface area (Å²) < 4.78 is 15.8. The van der Waals surface area contributed by atoms with Gasteiger partial charge in [0.15, 0.2) is 11.5 Å². The van der Waals surface area contributed by atoms with Crippen LogP contribution in [0.5, 0.6) is 23.0 Å².